The standard InChI is InChI=1S/C14H30O/c1-4-6-7-8-9-10-11-13-14(15-3)12-5-2/h14H,4-13H2,1-3H3. The first-order chi connectivity index (χ1) is 7.35. The molecule has 92 valence electrons. The van der Waals surface area contributed by atoms with Crippen molar-refractivity contribution >= 4 is 0 Å². The zero-order valence-corrected chi connectivity index (χ0v) is 11.1. The third-order valence-corrected chi connectivity index (χ3v) is 3.07. The Hall–Kier alpha value is -0.0400. The summed E-state index contributed by atoms with van der Waals surface area (Å²) in [5.41, 5.74) is 0. The first-order valence-corrected chi connectivity index (χ1v) is 6.87. The molecule has 0 aromatic carbocycles. The maximum atomic E-state index is 5.44. The molecule has 0 radical (unpaired) electrons. The first kappa shape index (κ1) is 15.0. The molecular formula is C14H30O. The van der Waals surface area contributed by atoms with E-state index in [1.165, 1.54) is 64.2 Å². The van der Waals surface area contributed by atoms with Crippen LogP contribution in [0, 0.1) is 0 Å². The van der Waals surface area contributed by atoms with Crippen LogP contribution < -0.4 is 0 Å². The fraction of sp³-hybridized carbons (Fsp3) is 1.00. The molecule has 0 spiro atoms. The number of ether oxygens (including phenoxy) is 1. The third kappa shape index (κ3) is 10.2. The molecule has 0 N–H and O–H groups in total. The Bertz CT molecular complexity index is 112. The number of unbranched alkanes of at least 4 members (excludes halogenated alkanes) is 6. The van der Waals surface area contributed by atoms with E-state index >= 15 is 0 Å². The SMILES string of the molecule is CCCCCCCCCC(CCC)OC. The second-order valence-corrected chi connectivity index (χ2v) is 4.56. The second kappa shape index (κ2) is 12.0. The highest BCUT2D eigenvalue weighted by atomic mass is 16.5. The highest BCUT2D eigenvalue weighted by molar-refractivity contribution is 4.57. The van der Waals surface area contributed by atoms with Crippen LogP contribution in [0.4, 0.5) is 0 Å². The van der Waals surface area contributed by atoms with Crippen LogP contribution in [0.5, 0.6) is 0 Å². The van der Waals surface area contributed by atoms with Crippen molar-refractivity contribution in [2.75, 3.05) is 7.11 Å². The Balaban J connectivity index is 3.14. The Kier molecular flexibility index (Phi) is 12.0. The molecule has 1 atom stereocenters. The van der Waals surface area contributed by atoms with Gasteiger partial charge in [0.25, 0.3) is 0 Å². The van der Waals surface area contributed by atoms with Crippen LogP contribution in [0.3, 0.4) is 0 Å². The lowest BCUT2D eigenvalue weighted by Gasteiger charge is -2.13. The van der Waals surface area contributed by atoms with Crippen LogP contribution in [0.25, 0.3) is 0 Å². The van der Waals surface area contributed by atoms with E-state index < -0.39 is 0 Å². The van der Waals surface area contributed by atoms with Crippen LogP contribution in [0.15, 0.2) is 0 Å². The van der Waals surface area contributed by atoms with E-state index in [1.807, 2.05) is 7.11 Å². The summed E-state index contributed by atoms with van der Waals surface area (Å²) >= 11 is 0. The van der Waals surface area contributed by atoms with Crippen LogP contribution in [-0.2, 0) is 4.74 Å². The largest absolute Gasteiger partial charge is 0.381 e. The van der Waals surface area contributed by atoms with E-state index in [9.17, 15) is 0 Å². The van der Waals surface area contributed by atoms with Gasteiger partial charge in [0.2, 0.25) is 0 Å². The van der Waals surface area contributed by atoms with Crippen molar-refractivity contribution in [3.63, 3.8) is 0 Å². The Morgan fingerprint density at radius 2 is 1.33 bits per heavy atom. The van der Waals surface area contributed by atoms with Gasteiger partial charge >= 0.3 is 0 Å². The van der Waals surface area contributed by atoms with Crippen molar-refractivity contribution in [1.29, 1.82) is 0 Å². The Morgan fingerprint density at radius 3 is 1.87 bits per heavy atom. The van der Waals surface area contributed by atoms with Crippen molar-refractivity contribution < 1.29 is 4.74 Å². The third-order valence-electron chi connectivity index (χ3n) is 3.07. The van der Waals surface area contributed by atoms with E-state index in [0.29, 0.717) is 6.10 Å². The van der Waals surface area contributed by atoms with Gasteiger partial charge in [-0.25, -0.2) is 0 Å². The highest BCUT2D eigenvalue weighted by Gasteiger charge is 2.04. The van der Waals surface area contributed by atoms with Crippen LogP contribution >= 0.6 is 0 Å². The fourth-order valence-electron chi connectivity index (χ4n) is 2.03. The summed E-state index contributed by atoms with van der Waals surface area (Å²) in [6, 6.07) is 0. The van der Waals surface area contributed by atoms with Gasteiger partial charge in [0.15, 0.2) is 0 Å². The molecule has 0 saturated carbocycles. The predicted molar refractivity (Wildman–Crippen MR) is 68.3 cm³/mol. The molecule has 0 aliphatic heterocycles. The number of methoxy groups -OCH3 is 1. The number of rotatable bonds is 11. The Labute approximate surface area is 96.6 Å². The predicted octanol–water partition coefficient (Wildman–Crippen LogP) is 4.94. The van der Waals surface area contributed by atoms with Gasteiger partial charge in [-0.1, -0.05) is 65.2 Å². The lowest BCUT2D eigenvalue weighted by molar-refractivity contribution is 0.0849. The van der Waals surface area contributed by atoms with Gasteiger partial charge in [0.1, 0.15) is 0 Å². The van der Waals surface area contributed by atoms with Crippen molar-refractivity contribution in [3.8, 4) is 0 Å². The zero-order valence-electron chi connectivity index (χ0n) is 11.1. The van der Waals surface area contributed by atoms with Gasteiger partial charge < -0.3 is 4.74 Å². The summed E-state index contributed by atoms with van der Waals surface area (Å²) < 4.78 is 5.44. The molecule has 1 unspecified atom stereocenters. The van der Waals surface area contributed by atoms with Gasteiger partial charge in [-0.2, -0.15) is 0 Å². The second-order valence-electron chi connectivity index (χ2n) is 4.56. The summed E-state index contributed by atoms with van der Waals surface area (Å²) in [6.07, 6.45) is 14.0. The summed E-state index contributed by atoms with van der Waals surface area (Å²) in [5.74, 6) is 0. The minimum absolute atomic E-state index is 0.519. The summed E-state index contributed by atoms with van der Waals surface area (Å²) in [5, 5.41) is 0. The van der Waals surface area contributed by atoms with Gasteiger partial charge in [-0.3, -0.25) is 0 Å². The van der Waals surface area contributed by atoms with E-state index in [0.717, 1.165) is 0 Å². The molecule has 0 bridgehead atoms. The molecule has 0 aromatic rings. The highest BCUT2D eigenvalue weighted by Crippen LogP contribution is 2.13. The molecule has 0 heterocycles. The summed E-state index contributed by atoms with van der Waals surface area (Å²) in [7, 11) is 1.85. The lowest BCUT2D eigenvalue weighted by atomic mass is 10.0. The van der Waals surface area contributed by atoms with Crippen LogP contribution in [0.2, 0.25) is 0 Å². The average Bonchev–Trinajstić information content (AvgIpc) is 2.26. The smallest absolute Gasteiger partial charge is 0.0571 e. The molecule has 1 heteroatoms. The molecular weight excluding hydrogens is 184 g/mol. The van der Waals surface area contributed by atoms with Crippen molar-refractivity contribution in [2.45, 2.75) is 84.2 Å². The number of hydrogen-bond acceptors (Lipinski definition) is 1. The lowest BCUT2D eigenvalue weighted by Crippen LogP contribution is -2.09. The maximum absolute atomic E-state index is 5.44. The maximum Gasteiger partial charge on any atom is 0.0571 e. The molecule has 0 fully saturated rings. The van der Waals surface area contributed by atoms with Crippen molar-refractivity contribution in [3.05, 3.63) is 0 Å². The minimum Gasteiger partial charge on any atom is -0.381 e. The van der Waals surface area contributed by atoms with E-state index in [-0.39, 0.29) is 0 Å². The molecule has 0 aromatic heterocycles. The van der Waals surface area contributed by atoms with E-state index in [4.69, 9.17) is 4.74 Å². The van der Waals surface area contributed by atoms with Gasteiger partial charge in [0.05, 0.1) is 6.10 Å². The Morgan fingerprint density at radius 1 is 0.733 bits per heavy atom. The molecule has 1 nitrogen and oxygen atoms in total. The minimum atomic E-state index is 0.519. The topological polar surface area (TPSA) is 9.23 Å². The molecule has 0 saturated heterocycles. The van der Waals surface area contributed by atoms with Gasteiger partial charge in [-0.15, -0.1) is 0 Å². The van der Waals surface area contributed by atoms with Crippen LogP contribution in [0.1, 0.15) is 78.1 Å². The normalized spacial score (nSPS) is 13.0. The van der Waals surface area contributed by atoms with E-state index in [2.05, 4.69) is 13.8 Å². The van der Waals surface area contributed by atoms with Gasteiger partial charge in [0, 0.05) is 7.11 Å². The fourth-order valence-corrected chi connectivity index (χ4v) is 2.03. The summed E-state index contributed by atoms with van der Waals surface area (Å²) in [6.45, 7) is 4.50. The van der Waals surface area contributed by atoms with Crippen molar-refractivity contribution in [2.24, 2.45) is 0 Å². The first-order valence-electron chi connectivity index (χ1n) is 6.87. The zero-order chi connectivity index (χ0) is 11.4. The summed E-state index contributed by atoms with van der Waals surface area (Å²) in [4.78, 5) is 0. The van der Waals surface area contributed by atoms with Crippen molar-refractivity contribution in [1.82, 2.24) is 0 Å². The molecule has 15 heavy (non-hydrogen) atoms. The van der Waals surface area contributed by atoms with Gasteiger partial charge in [-0.05, 0) is 12.8 Å². The molecule has 0 rings (SSSR count). The van der Waals surface area contributed by atoms with E-state index in [1.54, 1.807) is 0 Å². The molecule has 0 amide bonds. The molecule has 0 aliphatic carbocycles. The quantitative estimate of drug-likeness (QED) is 0.442. The monoisotopic (exact) mass is 214 g/mol. The van der Waals surface area contributed by atoms with Crippen LogP contribution in [-0.4, -0.2) is 13.2 Å². The number of hydrogen-bond donors (Lipinski definition) is 0. The average molecular weight is 214 g/mol. The molecule has 0 aliphatic rings.